The summed E-state index contributed by atoms with van der Waals surface area (Å²) in [5.41, 5.74) is 2.45. The molecule has 0 bridgehead atoms. The van der Waals surface area contributed by atoms with Gasteiger partial charge in [0.05, 0.1) is 10.7 Å². The third-order valence-corrected chi connectivity index (χ3v) is 6.26. The first kappa shape index (κ1) is 22.1. The normalized spacial score (nSPS) is 16.2. The summed E-state index contributed by atoms with van der Waals surface area (Å²) in [7, 11) is 0. The molecule has 2 heterocycles. The number of aliphatic imine (C=N–C) groups is 1. The minimum absolute atomic E-state index is 0.659. The lowest BCUT2D eigenvalue weighted by molar-refractivity contribution is 0.179. The summed E-state index contributed by atoms with van der Waals surface area (Å²) in [6.07, 6.45) is 3.34. The Bertz CT molecular complexity index is 783. The highest BCUT2D eigenvalue weighted by Gasteiger charge is 2.19. The molecule has 1 saturated heterocycles. The van der Waals surface area contributed by atoms with Crippen molar-refractivity contribution in [1.82, 2.24) is 20.5 Å². The van der Waals surface area contributed by atoms with Gasteiger partial charge in [0.15, 0.2) is 5.96 Å². The standard InChI is InChI=1S/C22H32ClN5S/c1-3-24-22(25-10-7-18-5-4-6-20(23)13-18)26-14-19-8-11-28(12-9-19)15-21-16-29-17(2)27-21/h4-6,13,16,19H,3,7-12,14-15H2,1-2H3,(H2,24,25,26). The molecule has 1 aromatic carbocycles. The van der Waals surface area contributed by atoms with E-state index < -0.39 is 0 Å². The van der Waals surface area contributed by atoms with Gasteiger partial charge >= 0.3 is 0 Å². The van der Waals surface area contributed by atoms with E-state index in [1.807, 2.05) is 18.2 Å². The van der Waals surface area contributed by atoms with E-state index in [1.54, 1.807) is 11.3 Å². The van der Waals surface area contributed by atoms with E-state index in [0.717, 1.165) is 61.7 Å². The minimum atomic E-state index is 0.659. The van der Waals surface area contributed by atoms with Crippen molar-refractivity contribution in [2.24, 2.45) is 10.9 Å². The zero-order valence-electron chi connectivity index (χ0n) is 17.5. The molecule has 0 spiro atoms. The lowest BCUT2D eigenvalue weighted by atomic mass is 9.97. The molecule has 0 radical (unpaired) electrons. The van der Waals surface area contributed by atoms with Crippen LogP contribution in [-0.4, -0.2) is 48.6 Å². The number of nitrogens with one attached hydrogen (secondary N) is 2. The fraction of sp³-hybridized carbons (Fsp3) is 0.545. The number of piperidine rings is 1. The van der Waals surface area contributed by atoms with Crippen LogP contribution in [0.5, 0.6) is 0 Å². The average Bonchev–Trinajstić information content (AvgIpc) is 3.12. The lowest BCUT2D eigenvalue weighted by Crippen LogP contribution is -2.39. The molecule has 1 fully saturated rings. The van der Waals surface area contributed by atoms with Crippen LogP contribution in [-0.2, 0) is 13.0 Å². The largest absolute Gasteiger partial charge is 0.357 e. The minimum Gasteiger partial charge on any atom is -0.357 e. The number of benzene rings is 1. The van der Waals surface area contributed by atoms with Crippen molar-refractivity contribution < 1.29 is 0 Å². The topological polar surface area (TPSA) is 52.6 Å². The van der Waals surface area contributed by atoms with Crippen LogP contribution in [0.25, 0.3) is 0 Å². The van der Waals surface area contributed by atoms with Crippen molar-refractivity contribution in [1.29, 1.82) is 0 Å². The Balaban J connectivity index is 1.40. The summed E-state index contributed by atoms with van der Waals surface area (Å²) in [4.78, 5) is 11.9. The second-order valence-electron chi connectivity index (χ2n) is 7.60. The molecule has 2 N–H and O–H groups in total. The molecule has 0 atom stereocenters. The Morgan fingerprint density at radius 3 is 2.83 bits per heavy atom. The highest BCUT2D eigenvalue weighted by atomic mass is 35.5. The smallest absolute Gasteiger partial charge is 0.191 e. The van der Waals surface area contributed by atoms with Gasteiger partial charge in [-0.15, -0.1) is 11.3 Å². The number of hydrogen-bond donors (Lipinski definition) is 2. The Labute approximate surface area is 183 Å². The van der Waals surface area contributed by atoms with Gasteiger partial charge in [0, 0.05) is 36.6 Å². The van der Waals surface area contributed by atoms with Crippen molar-refractivity contribution >= 4 is 28.9 Å². The van der Waals surface area contributed by atoms with Crippen LogP contribution in [0.3, 0.4) is 0 Å². The van der Waals surface area contributed by atoms with Gasteiger partial charge in [0.1, 0.15) is 0 Å². The van der Waals surface area contributed by atoms with Crippen LogP contribution in [0.4, 0.5) is 0 Å². The van der Waals surface area contributed by atoms with Crippen LogP contribution >= 0.6 is 22.9 Å². The Morgan fingerprint density at radius 1 is 1.31 bits per heavy atom. The Kier molecular flexibility index (Phi) is 8.77. The molecule has 1 aliphatic heterocycles. The fourth-order valence-electron chi connectivity index (χ4n) is 3.62. The van der Waals surface area contributed by atoms with Gasteiger partial charge in [-0.3, -0.25) is 9.89 Å². The van der Waals surface area contributed by atoms with Crippen molar-refractivity contribution in [2.45, 2.75) is 39.7 Å². The van der Waals surface area contributed by atoms with Gasteiger partial charge in [-0.2, -0.15) is 0 Å². The first-order valence-electron chi connectivity index (χ1n) is 10.5. The lowest BCUT2D eigenvalue weighted by Gasteiger charge is -2.30. The van der Waals surface area contributed by atoms with E-state index >= 15 is 0 Å². The number of aromatic nitrogens is 1. The van der Waals surface area contributed by atoms with E-state index in [9.17, 15) is 0 Å². The molecule has 5 nitrogen and oxygen atoms in total. The molecular formula is C22H32ClN5S. The second kappa shape index (κ2) is 11.5. The first-order chi connectivity index (χ1) is 14.1. The van der Waals surface area contributed by atoms with E-state index in [-0.39, 0.29) is 0 Å². The number of aryl methyl sites for hydroxylation is 1. The molecular weight excluding hydrogens is 402 g/mol. The highest BCUT2D eigenvalue weighted by Crippen LogP contribution is 2.20. The Morgan fingerprint density at radius 2 is 2.14 bits per heavy atom. The second-order valence-corrected chi connectivity index (χ2v) is 9.10. The summed E-state index contributed by atoms with van der Waals surface area (Å²) in [5.74, 6) is 1.57. The maximum atomic E-state index is 6.07. The van der Waals surface area contributed by atoms with Gasteiger partial charge in [-0.1, -0.05) is 23.7 Å². The number of nitrogens with zero attached hydrogens (tertiary/aromatic N) is 3. The number of guanidine groups is 1. The molecule has 0 unspecified atom stereocenters. The summed E-state index contributed by atoms with van der Waals surface area (Å²) in [5, 5.41) is 10.9. The molecule has 0 aliphatic carbocycles. The number of hydrogen-bond acceptors (Lipinski definition) is 4. The van der Waals surface area contributed by atoms with Crippen LogP contribution in [0.1, 0.15) is 36.0 Å². The summed E-state index contributed by atoms with van der Waals surface area (Å²) >= 11 is 7.80. The molecule has 1 aromatic heterocycles. The summed E-state index contributed by atoms with van der Waals surface area (Å²) in [6, 6.07) is 8.04. The zero-order valence-corrected chi connectivity index (χ0v) is 19.0. The summed E-state index contributed by atoms with van der Waals surface area (Å²) in [6.45, 7) is 10.0. The molecule has 2 aromatic rings. The molecule has 29 heavy (non-hydrogen) atoms. The zero-order chi connectivity index (χ0) is 20.5. The van der Waals surface area contributed by atoms with E-state index in [2.05, 4.69) is 45.8 Å². The monoisotopic (exact) mass is 433 g/mol. The molecule has 3 rings (SSSR count). The Hall–Kier alpha value is -1.63. The van der Waals surface area contributed by atoms with Crippen molar-refractivity contribution in [3.05, 3.63) is 50.9 Å². The van der Waals surface area contributed by atoms with Crippen LogP contribution in [0, 0.1) is 12.8 Å². The van der Waals surface area contributed by atoms with Gasteiger partial charge in [-0.05, 0) is 69.8 Å². The SMILES string of the molecule is CCNC(=NCC1CCN(Cc2csc(C)n2)CC1)NCCc1cccc(Cl)c1. The maximum absolute atomic E-state index is 6.07. The van der Waals surface area contributed by atoms with Crippen molar-refractivity contribution in [3.8, 4) is 0 Å². The predicted octanol–water partition coefficient (Wildman–Crippen LogP) is 4.11. The quantitative estimate of drug-likeness (QED) is 0.485. The highest BCUT2D eigenvalue weighted by molar-refractivity contribution is 7.09. The van der Waals surface area contributed by atoms with Crippen LogP contribution in [0.2, 0.25) is 5.02 Å². The fourth-order valence-corrected chi connectivity index (χ4v) is 4.43. The number of thiazole rings is 1. The average molecular weight is 434 g/mol. The van der Waals surface area contributed by atoms with Gasteiger partial charge < -0.3 is 10.6 Å². The van der Waals surface area contributed by atoms with Crippen molar-refractivity contribution in [3.63, 3.8) is 0 Å². The molecule has 158 valence electrons. The third-order valence-electron chi connectivity index (χ3n) is 5.21. The van der Waals surface area contributed by atoms with Crippen molar-refractivity contribution in [2.75, 3.05) is 32.7 Å². The summed E-state index contributed by atoms with van der Waals surface area (Å²) < 4.78 is 0. The third kappa shape index (κ3) is 7.61. The van der Waals surface area contributed by atoms with Gasteiger partial charge in [-0.25, -0.2) is 4.98 Å². The van der Waals surface area contributed by atoms with Crippen LogP contribution < -0.4 is 10.6 Å². The first-order valence-corrected chi connectivity index (χ1v) is 11.8. The predicted molar refractivity (Wildman–Crippen MR) is 124 cm³/mol. The maximum Gasteiger partial charge on any atom is 0.191 e. The van der Waals surface area contributed by atoms with E-state index in [1.165, 1.54) is 24.1 Å². The number of halogens is 1. The molecule has 1 aliphatic rings. The van der Waals surface area contributed by atoms with E-state index in [4.69, 9.17) is 16.6 Å². The van der Waals surface area contributed by atoms with Gasteiger partial charge in [0.25, 0.3) is 0 Å². The molecule has 7 heteroatoms. The molecule has 0 amide bonds. The number of rotatable bonds is 8. The van der Waals surface area contributed by atoms with Gasteiger partial charge in [0.2, 0.25) is 0 Å². The van der Waals surface area contributed by atoms with E-state index in [0.29, 0.717) is 5.92 Å². The number of likely N-dealkylation sites (tertiary alicyclic amines) is 1. The van der Waals surface area contributed by atoms with Crippen LogP contribution in [0.15, 0.2) is 34.6 Å². The molecule has 0 saturated carbocycles.